The Morgan fingerprint density at radius 1 is 0.950 bits per heavy atom. The van der Waals surface area contributed by atoms with Gasteiger partial charge in [-0.25, -0.2) is 8.42 Å². The van der Waals surface area contributed by atoms with Gasteiger partial charge in [-0.15, -0.1) is 0 Å². The van der Waals surface area contributed by atoms with Gasteiger partial charge < -0.3 is 10.2 Å². The summed E-state index contributed by atoms with van der Waals surface area (Å²) in [6.45, 7) is 2.59. The summed E-state index contributed by atoms with van der Waals surface area (Å²) in [5.41, 5.74) is 3.81. The van der Waals surface area contributed by atoms with Gasteiger partial charge in [0.1, 0.15) is 0 Å². The lowest BCUT2D eigenvalue weighted by Crippen LogP contribution is -2.31. The highest BCUT2D eigenvalue weighted by Crippen LogP contribution is 2.31. The summed E-state index contributed by atoms with van der Waals surface area (Å²) in [5, 5.41) is 3.30. The third-order valence-electron chi connectivity index (χ3n) is 6.82. The van der Waals surface area contributed by atoms with E-state index in [2.05, 4.69) is 5.32 Å². The summed E-state index contributed by atoms with van der Waals surface area (Å²) in [7, 11) is -3.90. The zero-order valence-corrected chi connectivity index (χ0v) is 23.5. The van der Waals surface area contributed by atoms with Crippen molar-refractivity contribution in [3.63, 3.8) is 0 Å². The topological polar surface area (TPSA) is 86.8 Å². The van der Waals surface area contributed by atoms with Crippen LogP contribution in [-0.2, 0) is 21.4 Å². The molecule has 1 aliphatic heterocycles. The van der Waals surface area contributed by atoms with E-state index in [0.717, 1.165) is 17.7 Å². The average Bonchev–Trinajstić information content (AvgIpc) is 3.40. The van der Waals surface area contributed by atoms with Gasteiger partial charge in [0, 0.05) is 34.9 Å². The standard InChI is InChI=1S/C31H28ClN3O4S/c1-22-9-14-25(32)20-29(22)35(40(38,39)28-6-3-2-4-7-28)21-23-10-12-24(13-11-23)31(37)33-26-15-17-27(18-16-26)34-19-5-8-30(34)36/h2-4,6-7,9-18,20H,5,8,19,21H2,1H3,(H,33,37). The zero-order valence-electron chi connectivity index (χ0n) is 21.9. The van der Waals surface area contributed by atoms with E-state index in [1.807, 2.05) is 19.1 Å². The molecule has 1 saturated heterocycles. The van der Waals surface area contributed by atoms with Crippen LogP contribution in [-0.4, -0.2) is 26.8 Å². The summed E-state index contributed by atoms with van der Waals surface area (Å²) in [5.74, 6) is -0.187. The first-order chi connectivity index (χ1) is 19.2. The van der Waals surface area contributed by atoms with Crippen molar-refractivity contribution < 1.29 is 18.0 Å². The Labute approximate surface area is 239 Å². The Morgan fingerprint density at radius 3 is 2.30 bits per heavy atom. The Kier molecular flexibility index (Phi) is 7.91. The van der Waals surface area contributed by atoms with Gasteiger partial charge in [0.15, 0.2) is 0 Å². The largest absolute Gasteiger partial charge is 0.322 e. The number of nitrogens with zero attached hydrogens (tertiary/aromatic N) is 2. The average molecular weight is 574 g/mol. The predicted molar refractivity (Wildman–Crippen MR) is 158 cm³/mol. The fourth-order valence-corrected chi connectivity index (χ4v) is 6.34. The quantitative estimate of drug-likeness (QED) is 0.263. The molecular weight excluding hydrogens is 546 g/mol. The lowest BCUT2D eigenvalue weighted by atomic mass is 10.1. The third kappa shape index (κ3) is 5.88. The summed E-state index contributed by atoms with van der Waals surface area (Å²) >= 11 is 6.25. The van der Waals surface area contributed by atoms with E-state index in [1.54, 1.807) is 89.8 Å². The van der Waals surface area contributed by atoms with Gasteiger partial charge in [-0.2, -0.15) is 0 Å². The van der Waals surface area contributed by atoms with E-state index < -0.39 is 10.0 Å². The molecule has 40 heavy (non-hydrogen) atoms. The fraction of sp³-hybridized carbons (Fsp3) is 0.161. The van der Waals surface area contributed by atoms with Crippen LogP contribution in [0, 0.1) is 6.92 Å². The number of amides is 2. The number of aryl methyl sites for hydroxylation is 1. The number of hydrogen-bond acceptors (Lipinski definition) is 4. The van der Waals surface area contributed by atoms with Crippen molar-refractivity contribution in [2.24, 2.45) is 0 Å². The molecule has 2 amide bonds. The zero-order chi connectivity index (χ0) is 28.3. The van der Waals surface area contributed by atoms with E-state index in [1.165, 1.54) is 4.31 Å². The molecule has 7 nitrogen and oxygen atoms in total. The molecule has 9 heteroatoms. The number of benzene rings is 4. The smallest absolute Gasteiger partial charge is 0.264 e. The second-order valence-electron chi connectivity index (χ2n) is 9.60. The van der Waals surface area contributed by atoms with E-state index in [0.29, 0.717) is 40.5 Å². The minimum atomic E-state index is -3.90. The lowest BCUT2D eigenvalue weighted by Gasteiger charge is -2.26. The number of hydrogen-bond donors (Lipinski definition) is 1. The highest BCUT2D eigenvalue weighted by molar-refractivity contribution is 7.92. The van der Waals surface area contributed by atoms with Crippen LogP contribution in [0.5, 0.6) is 0 Å². The number of anilines is 3. The van der Waals surface area contributed by atoms with Crippen LogP contribution in [0.15, 0.2) is 102 Å². The predicted octanol–water partition coefficient (Wildman–Crippen LogP) is 6.42. The van der Waals surface area contributed by atoms with E-state index in [-0.39, 0.29) is 23.3 Å². The van der Waals surface area contributed by atoms with Gasteiger partial charge in [-0.05, 0) is 85.1 Å². The molecule has 0 bridgehead atoms. The minimum absolute atomic E-state index is 0.0526. The van der Waals surface area contributed by atoms with Crippen LogP contribution in [0.2, 0.25) is 5.02 Å². The Balaban J connectivity index is 1.34. The fourth-order valence-electron chi connectivity index (χ4n) is 4.65. The normalized spacial score (nSPS) is 13.3. The van der Waals surface area contributed by atoms with Crippen molar-refractivity contribution in [1.29, 1.82) is 0 Å². The second kappa shape index (κ2) is 11.5. The van der Waals surface area contributed by atoms with Crippen molar-refractivity contribution in [1.82, 2.24) is 0 Å². The van der Waals surface area contributed by atoms with Crippen molar-refractivity contribution in [3.05, 3.63) is 119 Å². The number of sulfonamides is 1. The first-order valence-corrected chi connectivity index (χ1v) is 14.7. The molecule has 0 saturated carbocycles. The number of carbonyl (C=O) groups excluding carboxylic acids is 2. The summed E-state index contributed by atoms with van der Waals surface area (Å²) in [6, 6.07) is 27.4. The first kappa shape index (κ1) is 27.4. The molecule has 1 fully saturated rings. The monoisotopic (exact) mass is 573 g/mol. The highest BCUT2D eigenvalue weighted by Gasteiger charge is 2.27. The van der Waals surface area contributed by atoms with Crippen LogP contribution in [0.3, 0.4) is 0 Å². The molecule has 0 atom stereocenters. The molecule has 4 aromatic carbocycles. The van der Waals surface area contributed by atoms with Crippen LogP contribution in [0.1, 0.15) is 34.3 Å². The van der Waals surface area contributed by atoms with Gasteiger partial charge in [0.2, 0.25) is 5.91 Å². The Hall–Kier alpha value is -4.14. The molecule has 1 N–H and O–H groups in total. The maximum atomic E-state index is 13.7. The number of rotatable bonds is 8. The van der Waals surface area contributed by atoms with Crippen molar-refractivity contribution in [2.45, 2.75) is 31.2 Å². The van der Waals surface area contributed by atoms with E-state index in [4.69, 9.17) is 11.6 Å². The second-order valence-corrected chi connectivity index (χ2v) is 11.9. The maximum absolute atomic E-state index is 13.7. The third-order valence-corrected chi connectivity index (χ3v) is 8.83. The highest BCUT2D eigenvalue weighted by atomic mass is 35.5. The van der Waals surface area contributed by atoms with Crippen molar-refractivity contribution >= 4 is 50.5 Å². The van der Waals surface area contributed by atoms with Gasteiger partial charge in [-0.3, -0.25) is 13.9 Å². The van der Waals surface area contributed by atoms with Crippen LogP contribution in [0.25, 0.3) is 0 Å². The molecule has 0 spiro atoms. The van der Waals surface area contributed by atoms with Crippen molar-refractivity contribution in [3.8, 4) is 0 Å². The van der Waals surface area contributed by atoms with Crippen LogP contribution in [0.4, 0.5) is 17.1 Å². The lowest BCUT2D eigenvalue weighted by molar-refractivity contribution is -0.117. The SMILES string of the molecule is Cc1ccc(Cl)cc1N(Cc1ccc(C(=O)Nc2ccc(N3CCCC3=O)cc2)cc1)S(=O)(=O)c1ccccc1. The van der Waals surface area contributed by atoms with Gasteiger partial charge >= 0.3 is 0 Å². The number of carbonyl (C=O) groups is 2. The molecule has 1 aliphatic rings. The molecule has 0 radical (unpaired) electrons. The van der Waals surface area contributed by atoms with Crippen LogP contribution >= 0.6 is 11.6 Å². The molecular formula is C31H28ClN3O4S. The van der Waals surface area contributed by atoms with Gasteiger partial charge in [-0.1, -0.05) is 48.0 Å². The molecule has 1 heterocycles. The van der Waals surface area contributed by atoms with Gasteiger partial charge in [0.05, 0.1) is 17.1 Å². The molecule has 0 aliphatic carbocycles. The van der Waals surface area contributed by atoms with Crippen molar-refractivity contribution in [2.75, 3.05) is 21.1 Å². The summed E-state index contributed by atoms with van der Waals surface area (Å²) in [4.78, 5) is 26.8. The first-order valence-electron chi connectivity index (χ1n) is 12.9. The molecule has 4 aromatic rings. The molecule has 0 aromatic heterocycles. The Morgan fingerprint density at radius 2 is 1.65 bits per heavy atom. The molecule has 5 rings (SSSR count). The number of nitrogens with one attached hydrogen (secondary N) is 1. The van der Waals surface area contributed by atoms with E-state index >= 15 is 0 Å². The minimum Gasteiger partial charge on any atom is -0.322 e. The maximum Gasteiger partial charge on any atom is 0.264 e. The summed E-state index contributed by atoms with van der Waals surface area (Å²) < 4.78 is 28.7. The Bertz CT molecular complexity index is 1640. The van der Waals surface area contributed by atoms with Gasteiger partial charge in [0.25, 0.3) is 15.9 Å². The van der Waals surface area contributed by atoms with Crippen LogP contribution < -0.4 is 14.5 Å². The van der Waals surface area contributed by atoms with E-state index in [9.17, 15) is 18.0 Å². The molecule has 0 unspecified atom stereocenters. The molecule has 204 valence electrons. The summed E-state index contributed by atoms with van der Waals surface area (Å²) in [6.07, 6.45) is 1.41. The number of halogens is 1.